The molecule has 1 aromatic rings. The van der Waals surface area contributed by atoms with Crippen molar-refractivity contribution in [2.24, 2.45) is 0 Å². The molecule has 0 atom stereocenters. The fourth-order valence-electron chi connectivity index (χ4n) is 0.659. The number of hydrogen-bond donors (Lipinski definition) is 0. The number of rotatable bonds is 4. The molecule has 0 radical (unpaired) electrons. The average Bonchev–Trinajstić information content (AvgIpc) is 2.05. The van der Waals surface area contributed by atoms with E-state index in [0.29, 0.717) is 6.79 Å². The Kier molecular flexibility index (Phi) is 4.68. The van der Waals surface area contributed by atoms with Crippen molar-refractivity contribution in [1.82, 2.24) is 0 Å². The molecule has 0 aliphatic carbocycles. The van der Waals surface area contributed by atoms with E-state index in [1.54, 1.807) is 7.11 Å². The summed E-state index contributed by atoms with van der Waals surface area (Å²) in [7, 11) is 1.60. The molecule has 0 saturated carbocycles. The van der Waals surface area contributed by atoms with E-state index < -0.39 is 0 Å². The van der Waals surface area contributed by atoms with Crippen molar-refractivity contribution in [3.63, 3.8) is 0 Å². The van der Waals surface area contributed by atoms with Crippen LogP contribution in [-0.2, 0) is 8.92 Å². The molecular weight excluding hydrogens is 240 g/mol. The second kappa shape index (κ2) is 5.59. The average molecular weight is 249 g/mol. The lowest BCUT2D eigenvalue weighted by Gasteiger charge is -2.00. The molecule has 0 spiro atoms. The Bertz CT molecular complexity index is 242. The molecule has 12 heavy (non-hydrogen) atoms. The molecule has 1 aromatic carbocycles. The number of ether oxygens (including phenoxy) is 1. The van der Waals surface area contributed by atoms with Gasteiger partial charge < -0.3 is 4.74 Å². The maximum Gasteiger partial charge on any atom is 0.160 e. The Balaban J connectivity index is 2.41. The second-order valence-electron chi connectivity index (χ2n) is 2.07. The maximum absolute atomic E-state index is 5.10. The van der Waals surface area contributed by atoms with Gasteiger partial charge >= 0.3 is 0 Å². The Labute approximate surface area is 84.6 Å². The molecule has 0 unspecified atom stereocenters. The number of hydrogen-bond acceptors (Lipinski definition) is 3. The SMILES string of the molecule is COCOSc1cccc(Br)c1. The van der Waals surface area contributed by atoms with E-state index in [-0.39, 0.29) is 0 Å². The van der Waals surface area contributed by atoms with E-state index >= 15 is 0 Å². The van der Waals surface area contributed by atoms with Crippen molar-refractivity contribution in [1.29, 1.82) is 0 Å². The van der Waals surface area contributed by atoms with Crippen LogP contribution in [0.25, 0.3) is 0 Å². The summed E-state index contributed by atoms with van der Waals surface area (Å²) in [5, 5.41) is 0. The van der Waals surface area contributed by atoms with E-state index in [9.17, 15) is 0 Å². The van der Waals surface area contributed by atoms with Crippen LogP contribution in [0, 0.1) is 0 Å². The van der Waals surface area contributed by atoms with Crippen LogP contribution in [0.15, 0.2) is 33.6 Å². The Morgan fingerprint density at radius 1 is 1.50 bits per heavy atom. The summed E-state index contributed by atoms with van der Waals surface area (Å²) < 4.78 is 10.9. The zero-order valence-electron chi connectivity index (χ0n) is 6.62. The van der Waals surface area contributed by atoms with Crippen LogP contribution >= 0.6 is 28.0 Å². The Hall–Kier alpha value is -0.0300. The van der Waals surface area contributed by atoms with Gasteiger partial charge in [-0.3, -0.25) is 4.18 Å². The van der Waals surface area contributed by atoms with Gasteiger partial charge in [-0.1, -0.05) is 22.0 Å². The lowest BCUT2D eigenvalue weighted by atomic mass is 10.4. The molecule has 0 aliphatic rings. The highest BCUT2D eigenvalue weighted by atomic mass is 79.9. The van der Waals surface area contributed by atoms with Crippen molar-refractivity contribution in [3.05, 3.63) is 28.7 Å². The number of halogens is 1. The first-order valence-corrected chi connectivity index (χ1v) is 4.90. The Morgan fingerprint density at radius 3 is 3.00 bits per heavy atom. The summed E-state index contributed by atoms with van der Waals surface area (Å²) >= 11 is 4.68. The molecule has 0 aromatic heterocycles. The van der Waals surface area contributed by atoms with E-state index in [1.165, 1.54) is 12.0 Å². The standard InChI is InChI=1S/C8H9BrO2S/c1-10-6-11-12-8-4-2-3-7(9)5-8/h2-5H,6H2,1H3. The molecule has 4 heteroatoms. The van der Waals surface area contributed by atoms with Gasteiger partial charge in [0.2, 0.25) is 0 Å². The van der Waals surface area contributed by atoms with Crippen LogP contribution in [-0.4, -0.2) is 13.9 Å². The number of methoxy groups -OCH3 is 1. The fourth-order valence-corrected chi connectivity index (χ4v) is 1.80. The van der Waals surface area contributed by atoms with Gasteiger partial charge in [-0.2, -0.15) is 0 Å². The third-order valence-electron chi connectivity index (χ3n) is 1.12. The summed E-state index contributed by atoms with van der Waals surface area (Å²) in [5.74, 6) is 0. The van der Waals surface area contributed by atoms with Crippen molar-refractivity contribution >= 4 is 28.0 Å². The molecule has 0 saturated heterocycles. The van der Waals surface area contributed by atoms with Crippen molar-refractivity contribution in [2.45, 2.75) is 4.90 Å². The molecule has 1 rings (SSSR count). The largest absolute Gasteiger partial charge is 0.358 e. The molecule has 0 amide bonds. The van der Waals surface area contributed by atoms with Crippen LogP contribution < -0.4 is 0 Å². The van der Waals surface area contributed by atoms with Gasteiger partial charge in [-0.25, -0.2) is 0 Å². The highest BCUT2D eigenvalue weighted by Gasteiger charge is 1.94. The van der Waals surface area contributed by atoms with Gasteiger partial charge in [0.1, 0.15) is 0 Å². The molecule has 0 heterocycles. The molecule has 0 N–H and O–H groups in total. The maximum atomic E-state index is 5.10. The second-order valence-corrected chi connectivity index (χ2v) is 3.85. The minimum atomic E-state index is 0.303. The molecule has 0 bridgehead atoms. The van der Waals surface area contributed by atoms with E-state index in [4.69, 9.17) is 8.92 Å². The third-order valence-corrected chi connectivity index (χ3v) is 2.27. The first-order chi connectivity index (χ1) is 5.83. The fraction of sp³-hybridized carbons (Fsp3) is 0.250. The van der Waals surface area contributed by atoms with Crippen LogP contribution in [0.3, 0.4) is 0 Å². The van der Waals surface area contributed by atoms with Crippen molar-refractivity contribution in [3.8, 4) is 0 Å². The minimum Gasteiger partial charge on any atom is -0.358 e. The molecule has 0 aliphatic heterocycles. The van der Waals surface area contributed by atoms with Gasteiger partial charge in [0.25, 0.3) is 0 Å². The van der Waals surface area contributed by atoms with Crippen LogP contribution in [0.1, 0.15) is 0 Å². The highest BCUT2D eigenvalue weighted by Crippen LogP contribution is 2.22. The molecule has 0 fully saturated rings. The predicted molar refractivity (Wildman–Crippen MR) is 53.0 cm³/mol. The summed E-state index contributed by atoms with van der Waals surface area (Å²) in [6.07, 6.45) is 0. The zero-order valence-corrected chi connectivity index (χ0v) is 9.02. The summed E-state index contributed by atoms with van der Waals surface area (Å²) in [4.78, 5) is 1.06. The third kappa shape index (κ3) is 3.58. The van der Waals surface area contributed by atoms with Crippen LogP contribution in [0.2, 0.25) is 0 Å². The highest BCUT2D eigenvalue weighted by molar-refractivity contribution is 9.10. The minimum absolute atomic E-state index is 0.303. The molecule has 66 valence electrons. The Morgan fingerprint density at radius 2 is 2.33 bits per heavy atom. The lowest BCUT2D eigenvalue weighted by molar-refractivity contribution is 0.0670. The summed E-state index contributed by atoms with van der Waals surface area (Å²) in [6, 6.07) is 7.90. The van der Waals surface area contributed by atoms with E-state index in [1.807, 2.05) is 24.3 Å². The van der Waals surface area contributed by atoms with Crippen molar-refractivity contribution in [2.75, 3.05) is 13.9 Å². The van der Waals surface area contributed by atoms with Gasteiger partial charge in [0.05, 0.1) is 0 Å². The first kappa shape index (κ1) is 10.1. The zero-order chi connectivity index (χ0) is 8.81. The van der Waals surface area contributed by atoms with Crippen LogP contribution in [0.4, 0.5) is 0 Å². The van der Waals surface area contributed by atoms with Gasteiger partial charge in [-0.15, -0.1) is 0 Å². The van der Waals surface area contributed by atoms with Crippen molar-refractivity contribution < 1.29 is 8.92 Å². The van der Waals surface area contributed by atoms with Gasteiger partial charge in [-0.05, 0) is 18.2 Å². The van der Waals surface area contributed by atoms with Gasteiger partial charge in [0, 0.05) is 28.5 Å². The van der Waals surface area contributed by atoms with E-state index in [2.05, 4.69) is 15.9 Å². The normalized spacial score (nSPS) is 10.2. The van der Waals surface area contributed by atoms with E-state index in [0.717, 1.165) is 9.37 Å². The molecule has 2 nitrogen and oxygen atoms in total. The summed E-state index contributed by atoms with van der Waals surface area (Å²) in [6.45, 7) is 0.303. The monoisotopic (exact) mass is 248 g/mol. The first-order valence-electron chi connectivity index (χ1n) is 3.37. The lowest BCUT2D eigenvalue weighted by Crippen LogP contribution is -1.87. The predicted octanol–water partition coefficient (Wildman–Crippen LogP) is 3.08. The smallest absolute Gasteiger partial charge is 0.160 e. The topological polar surface area (TPSA) is 18.5 Å². The van der Waals surface area contributed by atoms with Gasteiger partial charge in [0.15, 0.2) is 6.79 Å². The van der Waals surface area contributed by atoms with Crippen LogP contribution in [0.5, 0.6) is 0 Å². The summed E-state index contributed by atoms with van der Waals surface area (Å²) in [5.41, 5.74) is 0. The number of benzene rings is 1. The molecular formula is C8H9BrO2S. The quantitative estimate of drug-likeness (QED) is 0.464.